The predicted octanol–water partition coefficient (Wildman–Crippen LogP) is 2.83. The van der Waals surface area contributed by atoms with Crippen LogP contribution in [0.1, 0.15) is 5.56 Å². The molecule has 21 heavy (non-hydrogen) atoms. The van der Waals surface area contributed by atoms with Gasteiger partial charge in [0.2, 0.25) is 0 Å². The van der Waals surface area contributed by atoms with Gasteiger partial charge in [0.25, 0.3) is 0 Å². The molecule has 2 heterocycles. The van der Waals surface area contributed by atoms with E-state index >= 15 is 0 Å². The molecule has 0 bridgehead atoms. The summed E-state index contributed by atoms with van der Waals surface area (Å²) in [5.41, 5.74) is 7.91. The number of hydrogen-bond acceptors (Lipinski definition) is 5. The highest BCUT2D eigenvalue weighted by atomic mass is 16.5. The highest BCUT2D eigenvalue weighted by Crippen LogP contribution is 2.33. The summed E-state index contributed by atoms with van der Waals surface area (Å²) in [5.74, 6) is 1.54. The Morgan fingerprint density at radius 1 is 1.10 bits per heavy atom. The summed E-state index contributed by atoms with van der Waals surface area (Å²) in [6, 6.07) is 9.52. The van der Waals surface area contributed by atoms with Crippen molar-refractivity contribution in [3.8, 4) is 5.75 Å². The zero-order chi connectivity index (χ0) is 14.7. The SMILES string of the molecule is COc1ccc(N)c2c(NCc3ccncc3)nccc12. The standard InChI is InChI=1S/C16H16N4O/c1-21-14-3-2-13(17)15-12(14)6-9-19-16(15)20-10-11-4-7-18-8-5-11/h2-9H,10,17H2,1H3,(H,19,20). The van der Waals surface area contributed by atoms with Gasteiger partial charge >= 0.3 is 0 Å². The first-order valence-electron chi connectivity index (χ1n) is 6.63. The van der Waals surface area contributed by atoms with Gasteiger partial charge in [0, 0.05) is 36.2 Å². The van der Waals surface area contributed by atoms with Gasteiger partial charge in [-0.05, 0) is 35.9 Å². The number of methoxy groups -OCH3 is 1. The molecule has 0 spiro atoms. The zero-order valence-electron chi connectivity index (χ0n) is 11.7. The molecule has 2 aromatic heterocycles. The fourth-order valence-electron chi connectivity index (χ4n) is 2.30. The number of nitrogens with two attached hydrogens (primary N) is 1. The maximum Gasteiger partial charge on any atom is 0.136 e. The molecular weight excluding hydrogens is 264 g/mol. The summed E-state index contributed by atoms with van der Waals surface area (Å²) in [6.07, 6.45) is 5.29. The van der Waals surface area contributed by atoms with Gasteiger partial charge < -0.3 is 15.8 Å². The third-order valence-electron chi connectivity index (χ3n) is 3.35. The summed E-state index contributed by atoms with van der Waals surface area (Å²) in [6.45, 7) is 0.658. The van der Waals surface area contributed by atoms with Crippen LogP contribution < -0.4 is 15.8 Å². The Balaban J connectivity index is 1.99. The van der Waals surface area contributed by atoms with Crippen molar-refractivity contribution in [3.63, 3.8) is 0 Å². The second kappa shape index (κ2) is 5.66. The molecule has 3 aromatic rings. The Bertz CT molecular complexity index is 759. The topological polar surface area (TPSA) is 73.1 Å². The zero-order valence-corrected chi connectivity index (χ0v) is 11.7. The number of hydrogen-bond donors (Lipinski definition) is 2. The summed E-state index contributed by atoms with van der Waals surface area (Å²) in [4.78, 5) is 8.40. The van der Waals surface area contributed by atoms with Crippen molar-refractivity contribution in [3.05, 3.63) is 54.5 Å². The van der Waals surface area contributed by atoms with E-state index in [9.17, 15) is 0 Å². The summed E-state index contributed by atoms with van der Waals surface area (Å²) in [7, 11) is 1.65. The van der Waals surface area contributed by atoms with Crippen LogP contribution in [0.2, 0.25) is 0 Å². The number of benzene rings is 1. The third-order valence-corrected chi connectivity index (χ3v) is 3.35. The summed E-state index contributed by atoms with van der Waals surface area (Å²) in [5, 5.41) is 5.15. The fraction of sp³-hybridized carbons (Fsp3) is 0.125. The molecule has 0 atom stereocenters. The van der Waals surface area contributed by atoms with Crippen LogP contribution in [0.5, 0.6) is 5.75 Å². The smallest absolute Gasteiger partial charge is 0.136 e. The first-order chi connectivity index (χ1) is 10.3. The second-order valence-electron chi connectivity index (χ2n) is 4.65. The Morgan fingerprint density at radius 2 is 1.90 bits per heavy atom. The molecule has 0 aliphatic carbocycles. The van der Waals surface area contributed by atoms with Gasteiger partial charge in [-0.15, -0.1) is 0 Å². The number of ether oxygens (including phenoxy) is 1. The molecule has 0 aliphatic heterocycles. The molecule has 0 saturated carbocycles. The summed E-state index contributed by atoms with van der Waals surface area (Å²) < 4.78 is 5.38. The van der Waals surface area contributed by atoms with Gasteiger partial charge in [-0.3, -0.25) is 4.98 Å². The van der Waals surface area contributed by atoms with E-state index in [2.05, 4.69) is 15.3 Å². The minimum absolute atomic E-state index is 0.658. The van der Waals surface area contributed by atoms with Crippen molar-refractivity contribution >= 4 is 22.3 Å². The van der Waals surface area contributed by atoms with Gasteiger partial charge in [-0.1, -0.05) is 0 Å². The quantitative estimate of drug-likeness (QED) is 0.719. The number of anilines is 2. The van der Waals surface area contributed by atoms with E-state index in [0.717, 1.165) is 27.9 Å². The average Bonchev–Trinajstić information content (AvgIpc) is 2.54. The number of aromatic nitrogens is 2. The van der Waals surface area contributed by atoms with Crippen molar-refractivity contribution < 1.29 is 4.74 Å². The van der Waals surface area contributed by atoms with Crippen LogP contribution in [-0.4, -0.2) is 17.1 Å². The second-order valence-corrected chi connectivity index (χ2v) is 4.65. The van der Waals surface area contributed by atoms with E-state index < -0.39 is 0 Å². The maximum atomic E-state index is 6.10. The van der Waals surface area contributed by atoms with Gasteiger partial charge in [0.05, 0.1) is 12.5 Å². The number of nitrogen functional groups attached to an aromatic ring is 1. The lowest BCUT2D eigenvalue weighted by atomic mass is 10.1. The molecular formula is C16H16N4O. The number of pyridine rings is 2. The van der Waals surface area contributed by atoms with Crippen LogP contribution in [0.25, 0.3) is 10.8 Å². The number of rotatable bonds is 4. The van der Waals surface area contributed by atoms with Crippen molar-refractivity contribution in [2.45, 2.75) is 6.54 Å². The molecule has 0 radical (unpaired) electrons. The first kappa shape index (κ1) is 13.2. The summed E-state index contributed by atoms with van der Waals surface area (Å²) >= 11 is 0. The fourth-order valence-corrected chi connectivity index (χ4v) is 2.30. The molecule has 5 heteroatoms. The number of fused-ring (bicyclic) bond motifs is 1. The van der Waals surface area contributed by atoms with E-state index in [1.54, 1.807) is 25.7 Å². The minimum Gasteiger partial charge on any atom is -0.496 e. The molecule has 3 rings (SSSR count). The van der Waals surface area contributed by atoms with Gasteiger partial charge in [-0.2, -0.15) is 0 Å². The van der Waals surface area contributed by atoms with Crippen LogP contribution in [0.4, 0.5) is 11.5 Å². The van der Waals surface area contributed by atoms with Crippen molar-refractivity contribution in [1.29, 1.82) is 0 Å². The van der Waals surface area contributed by atoms with Crippen LogP contribution in [0, 0.1) is 0 Å². The minimum atomic E-state index is 0.658. The van der Waals surface area contributed by atoms with E-state index in [1.165, 1.54) is 0 Å². The average molecular weight is 280 g/mol. The maximum absolute atomic E-state index is 6.10. The Morgan fingerprint density at radius 3 is 2.67 bits per heavy atom. The van der Waals surface area contributed by atoms with Crippen LogP contribution in [0.3, 0.4) is 0 Å². The Hall–Kier alpha value is -2.82. The Kier molecular flexibility index (Phi) is 3.55. The van der Waals surface area contributed by atoms with Gasteiger partial charge in [-0.25, -0.2) is 4.98 Å². The monoisotopic (exact) mass is 280 g/mol. The molecule has 0 saturated heterocycles. The largest absolute Gasteiger partial charge is 0.496 e. The molecule has 3 N–H and O–H groups in total. The highest BCUT2D eigenvalue weighted by Gasteiger charge is 2.10. The molecule has 106 valence electrons. The van der Waals surface area contributed by atoms with E-state index in [1.807, 2.05) is 30.3 Å². The van der Waals surface area contributed by atoms with Crippen LogP contribution >= 0.6 is 0 Å². The van der Waals surface area contributed by atoms with Crippen LogP contribution in [0.15, 0.2) is 48.9 Å². The Labute approximate surface area is 122 Å². The molecule has 0 unspecified atom stereocenters. The van der Waals surface area contributed by atoms with E-state index in [4.69, 9.17) is 10.5 Å². The number of nitrogens with zero attached hydrogens (tertiary/aromatic N) is 2. The molecule has 5 nitrogen and oxygen atoms in total. The molecule has 0 fully saturated rings. The third kappa shape index (κ3) is 2.58. The predicted molar refractivity (Wildman–Crippen MR) is 84.3 cm³/mol. The van der Waals surface area contributed by atoms with Crippen LogP contribution in [-0.2, 0) is 6.54 Å². The van der Waals surface area contributed by atoms with E-state index in [0.29, 0.717) is 12.2 Å². The van der Waals surface area contributed by atoms with E-state index in [-0.39, 0.29) is 0 Å². The lowest BCUT2D eigenvalue weighted by molar-refractivity contribution is 0.420. The van der Waals surface area contributed by atoms with Crippen molar-refractivity contribution in [2.75, 3.05) is 18.2 Å². The normalized spacial score (nSPS) is 10.5. The highest BCUT2D eigenvalue weighted by molar-refractivity contribution is 6.03. The lowest BCUT2D eigenvalue weighted by Crippen LogP contribution is -2.03. The van der Waals surface area contributed by atoms with Gasteiger partial charge in [0.1, 0.15) is 11.6 Å². The van der Waals surface area contributed by atoms with Crippen molar-refractivity contribution in [2.24, 2.45) is 0 Å². The first-order valence-corrected chi connectivity index (χ1v) is 6.63. The van der Waals surface area contributed by atoms with Crippen molar-refractivity contribution in [1.82, 2.24) is 9.97 Å². The molecule has 0 aliphatic rings. The molecule has 0 amide bonds. The van der Waals surface area contributed by atoms with Gasteiger partial charge in [0.15, 0.2) is 0 Å². The lowest BCUT2D eigenvalue weighted by Gasteiger charge is -2.12. The number of nitrogens with one attached hydrogen (secondary N) is 1. The molecule has 1 aromatic carbocycles.